The second kappa shape index (κ2) is 6.69. The van der Waals surface area contributed by atoms with Crippen LogP contribution in [0.5, 0.6) is 0 Å². The molecule has 0 unspecified atom stereocenters. The van der Waals surface area contributed by atoms with Gasteiger partial charge in [0.25, 0.3) is 0 Å². The second-order valence-corrected chi connectivity index (χ2v) is 10.1. The van der Waals surface area contributed by atoms with Crippen LogP contribution in [-0.2, 0) is 0 Å². The highest BCUT2D eigenvalue weighted by atomic mass is 32.1. The Morgan fingerprint density at radius 2 is 1.06 bits per heavy atom. The Labute approximate surface area is 200 Å². The third-order valence-electron chi connectivity index (χ3n) is 7.22. The van der Waals surface area contributed by atoms with Crippen molar-refractivity contribution in [3.8, 4) is 5.69 Å². The summed E-state index contributed by atoms with van der Waals surface area (Å²) in [6.45, 7) is 0. The van der Waals surface area contributed by atoms with Crippen LogP contribution >= 0.6 is 11.3 Å². The highest BCUT2D eigenvalue weighted by Gasteiger charge is 2.13. The Morgan fingerprint density at radius 3 is 1.79 bits per heavy atom. The van der Waals surface area contributed by atoms with Crippen LogP contribution in [0.1, 0.15) is 0 Å². The zero-order valence-electron chi connectivity index (χ0n) is 18.3. The maximum Gasteiger partial charge on any atom is 0.0535 e. The molecule has 0 aliphatic heterocycles. The molecule has 0 spiro atoms. The van der Waals surface area contributed by atoms with Gasteiger partial charge in [0.15, 0.2) is 0 Å². The highest BCUT2D eigenvalue weighted by molar-refractivity contribution is 7.26. The smallest absolute Gasteiger partial charge is 0.0535 e. The van der Waals surface area contributed by atoms with Gasteiger partial charge in [-0.15, -0.1) is 11.3 Å². The van der Waals surface area contributed by atoms with Crippen LogP contribution in [0.3, 0.4) is 0 Å². The first-order valence-corrected chi connectivity index (χ1v) is 12.4. The minimum atomic E-state index is 1.20. The van der Waals surface area contributed by atoms with Crippen molar-refractivity contribution >= 4 is 74.7 Å². The van der Waals surface area contributed by atoms with Crippen molar-refractivity contribution in [1.29, 1.82) is 0 Å². The molecule has 34 heavy (non-hydrogen) atoms. The maximum atomic E-state index is 2.36. The minimum absolute atomic E-state index is 1.20. The molecule has 6 aromatic carbocycles. The predicted octanol–water partition coefficient (Wildman–Crippen LogP) is 9.46. The normalized spacial score (nSPS) is 12.1. The summed E-state index contributed by atoms with van der Waals surface area (Å²) in [5, 5.41) is 11.9. The Bertz CT molecular complexity index is 2040. The van der Waals surface area contributed by atoms with Gasteiger partial charge in [0.2, 0.25) is 0 Å². The van der Waals surface area contributed by atoms with Crippen LogP contribution in [0.25, 0.3) is 69.1 Å². The number of thiophene rings is 1. The van der Waals surface area contributed by atoms with Crippen molar-refractivity contribution in [2.45, 2.75) is 0 Å². The molecule has 8 rings (SSSR count). The van der Waals surface area contributed by atoms with E-state index in [1.165, 1.54) is 69.1 Å². The lowest BCUT2D eigenvalue weighted by Gasteiger charge is -2.13. The van der Waals surface area contributed by atoms with Crippen molar-refractivity contribution in [1.82, 2.24) is 4.57 Å². The fraction of sp³-hybridized carbons (Fsp3) is 0. The van der Waals surface area contributed by atoms with Crippen LogP contribution in [-0.4, -0.2) is 4.57 Å². The molecule has 0 aliphatic rings. The summed E-state index contributed by atoms with van der Waals surface area (Å²) in [6.07, 6.45) is 2.22. The number of fused-ring (bicyclic) bond motifs is 11. The van der Waals surface area contributed by atoms with Gasteiger partial charge in [0.1, 0.15) is 0 Å². The molecule has 0 N–H and O–H groups in total. The topological polar surface area (TPSA) is 4.93 Å². The van der Waals surface area contributed by atoms with Gasteiger partial charge in [-0.3, -0.25) is 0 Å². The van der Waals surface area contributed by atoms with E-state index in [0.29, 0.717) is 0 Å². The van der Waals surface area contributed by atoms with Crippen molar-refractivity contribution < 1.29 is 0 Å². The minimum Gasteiger partial charge on any atom is -0.317 e. The SMILES string of the molecule is c1ccc2c(c1)sc1ccc3c(ccn3-c3ccc4c5ccccc5c5ccccc5c4c3)c12. The van der Waals surface area contributed by atoms with Crippen molar-refractivity contribution in [3.63, 3.8) is 0 Å². The van der Waals surface area contributed by atoms with Crippen LogP contribution in [0, 0.1) is 0 Å². The Hall–Kier alpha value is -4.14. The molecule has 2 heterocycles. The quantitative estimate of drug-likeness (QED) is 0.220. The zero-order chi connectivity index (χ0) is 22.2. The molecule has 0 saturated carbocycles. The molecule has 0 aliphatic carbocycles. The van der Waals surface area contributed by atoms with Crippen LogP contribution in [0.2, 0.25) is 0 Å². The molecule has 0 amide bonds. The summed E-state index contributed by atoms with van der Waals surface area (Å²) >= 11 is 1.88. The molecule has 2 heteroatoms. The van der Waals surface area contributed by atoms with E-state index in [0.717, 1.165) is 0 Å². The number of benzene rings is 6. The van der Waals surface area contributed by atoms with Crippen LogP contribution < -0.4 is 0 Å². The Morgan fingerprint density at radius 1 is 0.441 bits per heavy atom. The molecule has 0 radical (unpaired) electrons. The zero-order valence-corrected chi connectivity index (χ0v) is 19.1. The first-order chi connectivity index (χ1) is 16.9. The summed E-state index contributed by atoms with van der Waals surface area (Å²) in [6, 6.07) is 40.0. The van der Waals surface area contributed by atoms with E-state index in [-0.39, 0.29) is 0 Å². The van der Waals surface area contributed by atoms with Gasteiger partial charge in [-0.05, 0) is 68.7 Å². The van der Waals surface area contributed by atoms with E-state index in [4.69, 9.17) is 0 Å². The van der Waals surface area contributed by atoms with E-state index in [1.807, 2.05) is 11.3 Å². The molecular formula is C32H19NS. The lowest BCUT2D eigenvalue weighted by molar-refractivity contribution is 1.13. The Balaban J connectivity index is 1.45. The Kier molecular flexibility index (Phi) is 3.60. The molecule has 158 valence electrons. The van der Waals surface area contributed by atoms with Gasteiger partial charge in [-0.2, -0.15) is 0 Å². The van der Waals surface area contributed by atoms with E-state index in [9.17, 15) is 0 Å². The summed E-state index contributed by atoms with van der Waals surface area (Å²) < 4.78 is 5.04. The number of aromatic nitrogens is 1. The molecule has 0 saturated heterocycles. The monoisotopic (exact) mass is 449 g/mol. The van der Waals surface area contributed by atoms with Crippen molar-refractivity contribution in [2.24, 2.45) is 0 Å². The number of hydrogen-bond acceptors (Lipinski definition) is 1. The van der Waals surface area contributed by atoms with Gasteiger partial charge < -0.3 is 4.57 Å². The molecule has 0 fully saturated rings. The van der Waals surface area contributed by atoms with E-state index >= 15 is 0 Å². The van der Waals surface area contributed by atoms with Gasteiger partial charge in [-0.1, -0.05) is 72.8 Å². The second-order valence-electron chi connectivity index (χ2n) is 8.98. The van der Waals surface area contributed by atoms with E-state index in [1.54, 1.807) is 0 Å². The molecule has 2 aromatic heterocycles. The van der Waals surface area contributed by atoms with Gasteiger partial charge in [0.05, 0.1) is 5.52 Å². The molecular weight excluding hydrogens is 430 g/mol. The van der Waals surface area contributed by atoms with Gasteiger partial charge in [-0.25, -0.2) is 0 Å². The van der Waals surface area contributed by atoms with Crippen molar-refractivity contribution in [2.75, 3.05) is 0 Å². The molecule has 1 nitrogen and oxygen atoms in total. The average Bonchev–Trinajstić information content (AvgIpc) is 3.50. The summed E-state index contributed by atoms with van der Waals surface area (Å²) in [4.78, 5) is 0. The number of nitrogens with zero attached hydrogens (tertiary/aromatic N) is 1. The summed E-state index contributed by atoms with van der Waals surface area (Å²) in [5.74, 6) is 0. The van der Waals surface area contributed by atoms with Crippen LogP contribution in [0.15, 0.2) is 115 Å². The number of hydrogen-bond donors (Lipinski definition) is 0. The number of rotatable bonds is 1. The third kappa shape index (κ3) is 2.38. The first kappa shape index (κ1) is 18.3. The van der Waals surface area contributed by atoms with Crippen LogP contribution in [0.4, 0.5) is 0 Å². The average molecular weight is 450 g/mol. The third-order valence-corrected chi connectivity index (χ3v) is 8.35. The largest absolute Gasteiger partial charge is 0.317 e. The van der Waals surface area contributed by atoms with Crippen molar-refractivity contribution in [3.05, 3.63) is 115 Å². The standard InChI is InChI=1S/C32H19NS/c1-2-9-23-21(7-1)22-8-3-4-10-24(22)28-19-20(13-14-25(23)28)33-18-17-26-29(33)15-16-31-32(26)27-11-5-6-12-30(27)34-31/h1-19H. The summed E-state index contributed by atoms with van der Waals surface area (Å²) in [7, 11) is 0. The van der Waals surface area contributed by atoms with E-state index in [2.05, 4.69) is 120 Å². The highest BCUT2D eigenvalue weighted by Crippen LogP contribution is 2.40. The fourth-order valence-corrected chi connectivity index (χ4v) is 6.83. The molecule has 0 bridgehead atoms. The lowest BCUT2D eigenvalue weighted by atomic mass is 9.94. The predicted molar refractivity (Wildman–Crippen MR) is 149 cm³/mol. The van der Waals surface area contributed by atoms with E-state index < -0.39 is 0 Å². The van der Waals surface area contributed by atoms with Gasteiger partial charge in [0, 0.05) is 37.4 Å². The van der Waals surface area contributed by atoms with Gasteiger partial charge >= 0.3 is 0 Å². The first-order valence-electron chi connectivity index (χ1n) is 11.6. The molecule has 0 atom stereocenters. The fourth-order valence-electron chi connectivity index (χ4n) is 5.71. The molecule has 8 aromatic rings. The maximum absolute atomic E-state index is 2.36. The summed E-state index contributed by atoms with van der Waals surface area (Å²) in [5.41, 5.74) is 2.45. The lowest BCUT2D eigenvalue weighted by Crippen LogP contribution is -1.92.